The lowest BCUT2D eigenvalue weighted by atomic mass is 9.97. The van der Waals surface area contributed by atoms with Crippen LogP contribution < -0.4 is 16.4 Å². The van der Waals surface area contributed by atoms with Crippen LogP contribution in [0.3, 0.4) is 0 Å². The Morgan fingerprint density at radius 3 is 2.65 bits per heavy atom. The van der Waals surface area contributed by atoms with E-state index in [2.05, 4.69) is 0 Å². The summed E-state index contributed by atoms with van der Waals surface area (Å²) in [5.41, 5.74) is 11.5. The predicted molar refractivity (Wildman–Crippen MR) is 76.1 cm³/mol. The van der Waals surface area contributed by atoms with E-state index in [4.69, 9.17) is 16.2 Å². The molecule has 4 N–H and O–H groups in total. The Hall–Kier alpha value is -1.82. The molecule has 0 bridgehead atoms. The topological polar surface area (TPSA) is 81.6 Å². The number of primary amides is 1. The lowest BCUT2D eigenvalue weighted by Gasteiger charge is -2.33. The van der Waals surface area contributed by atoms with E-state index >= 15 is 0 Å². The molecule has 1 aromatic rings. The van der Waals surface area contributed by atoms with Gasteiger partial charge in [-0.05, 0) is 30.9 Å². The number of carbonyl (C=O) groups excluding carboxylic acids is 1. The van der Waals surface area contributed by atoms with Crippen LogP contribution in [0.1, 0.15) is 23.2 Å². The summed E-state index contributed by atoms with van der Waals surface area (Å²) < 4.78 is 19.2. The molecule has 0 saturated carbocycles. The van der Waals surface area contributed by atoms with Gasteiger partial charge in [0.1, 0.15) is 5.82 Å². The number of anilines is 2. The van der Waals surface area contributed by atoms with E-state index in [0.717, 1.165) is 38.6 Å². The van der Waals surface area contributed by atoms with E-state index in [1.807, 2.05) is 4.90 Å². The number of rotatable bonds is 4. The van der Waals surface area contributed by atoms with Crippen molar-refractivity contribution >= 4 is 17.3 Å². The second-order valence-electron chi connectivity index (χ2n) is 5.14. The molecule has 0 atom stereocenters. The summed E-state index contributed by atoms with van der Waals surface area (Å²) in [6.45, 7) is 2.19. The fourth-order valence-electron chi connectivity index (χ4n) is 2.61. The third kappa shape index (κ3) is 3.01. The van der Waals surface area contributed by atoms with Gasteiger partial charge in [-0.2, -0.15) is 0 Å². The zero-order valence-corrected chi connectivity index (χ0v) is 11.6. The first kappa shape index (κ1) is 14.6. The third-order valence-corrected chi connectivity index (χ3v) is 3.74. The standard InChI is InChI=1S/C14H20FN3O2/c1-20-8-9-2-4-18(5-3-9)13-6-10(14(17)19)12(16)7-11(13)15/h6-7,9H,2-5,8,16H2,1H3,(H2,17,19). The Kier molecular flexibility index (Phi) is 4.44. The van der Waals surface area contributed by atoms with Crippen LogP contribution in [0, 0.1) is 11.7 Å². The van der Waals surface area contributed by atoms with Gasteiger partial charge in [0.25, 0.3) is 5.91 Å². The monoisotopic (exact) mass is 281 g/mol. The molecule has 20 heavy (non-hydrogen) atoms. The number of amides is 1. The molecule has 0 spiro atoms. The maximum absolute atomic E-state index is 14.0. The highest BCUT2D eigenvalue weighted by Crippen LogP contribution is 2.29. The fraction of sp³-hybridized carbons (Fsp3) is 0.500. The van der Waals surface area contributed by atoms with E-state index in [1.165, 1.54) is 6.07 Å². The van der Waals surface area contributed by atoms with Crippen LogP contribution in [0.2, 0.25) is 0 Å². The van der Waals surface area contributed by atoms with Gasteiger partial charge >= 0.3 is 0 Å². The van der Waals surface area contributed by atoms with Crippen LogP contribution >= 0.6 is 0 Å². The Balaban J connectivity index is 2.17. The number of methoxy groups -OCH3 is 1. The molecule has 1 saturated heterocycles. The van der Waals surface area contributed by atoms with Gasteiger partial charge in [-0.3, -0.25) is 4.79 Å². The highest BCUT2D eigenvalue weighted by atomic mass is 19.1. The van der Waals surface area contributed by atoms with Gasteiger partial charge in [-0.1, -0.05) is 0 Å². The summed E-state index contributed by atoms with van der Waals surface area (Å²) >= 11 is 0. The minimum atomic E-state index is -0.641. The minimum absolute atomic E-state index is 0.0769. The van der Waals surface area contributed by atoms with Crippen LogP contribution in [0.25, 0.3) is 0 Å². The molecule has 0 aliphatic carbocycles. The number of nitrogens with two attached hydrogens (primary N) is 2. The maximum atomic E-state index is 14.0. The van der Waals surface area contributed by atoms with E-state index in [1.54, 1.807) is 7.11 Å². The average molecular weight is 281 g/mol. The van der Waals surface area contributed by atoms with Crippen molar-refractivity contribution in [2.24, 2.45) is 11.7 Å². The molecule has 1 aromatic carbocycles. The van der Waals surface area contributed by atoms with E-state index < -0.39 is 11.7 Å². The molecule has 1 fully saturated rings. The largest absolute Gasteiger partial charge is 0.398 e. The predicted octanol–water partition coefficient (Wildman–Crippen LogP) is 1.37. The molecule has 1 heterocycles. The van der Waals surface area contributed by atoms with Gasteiger partial charge < -0.3 is 21.1 Å². The van der Waals surface area contributed by atoms with Crippen LogP contribution in [0.15, 0.2) is 12.1 Å². The van der Waals surface area contributed by atoms with Crippen LogP contribution in [0.5, 0.6) is 0 Å². The van der Waals surface area contributed by atoms with Crippen molar-refractivity contribution in [1.29, 1.82) is 0 Å². The van der Waals surface area contributed by atoms with Gasteiger partial charge in [-0.15, -0.1) is 0 Å². The Labute approximate surface area is 117 Å². The summed E-state index contributed by atoms with van der Waals surface area (Å²) in [4.78, 5) is 13.2. The number of nitrogen functional groups attached to an aromatic ring is 1. The molecule has 6 heteroatoms. The molecule has 1 aliphatic rings. The summed E-state index contributed by atoms with van der Waals surface area (Å²) in [6, 6.07) is 2.61. The zero-order chi connectivity index (χ0) is 14.7. The number of halogens is 1. The van der Waals surface area contributed by atoms with E-state index in [9.17, 15) is 9.18 Å². The molecule has 0 unspecified atom stereocenters. The van der Waals surface area contributed by atoms with Crippen molar-refractivity contribution in [1.82, 2.24) is 0 Å². The summed E-state index contributed by atoms with van der Waals surface area (Å²) in [6.07, 6.45) is 1.87. The fourth-order valence-corrected chi connectivity index (χ4v) is 2.61. The highest BCUT2D eigenvalue weighted by molar-refractivity contribution is 5.99. The number of hydrogen-bond acceptors (Lipinski definition) is 4. The van der Waals surface area contributed by atoms with Crippen molar-refractivity contribution in [2.75, 3.05) is 37.4 Å². The quantitative estimate of drug-likeness (QED) is 0.817. The maximum Gasteiger partial charge on any atom is 0.250 e. The number of piperidine rings is 1. The van der Waals surface area contributed by atoms with Gasteiger partial charge in [0.2, 0.25) is 0 Å². The van der Waals surface area contributed by atoms with Crippen LogP contribution in [-0.2, 0) is 4.74 Å². The second kappa shape index (κ2) is 6.09. The second-order valence-corrected chi connectivity index (χ2v) is 5.14. The van der Waals surface area contributed by atoms with E-state index in [-0.39, 0.29) is 11.3 Å². The van der Waals surface area contributed by atoms with Crippen LogP contribution in [0.4, 0.5) is 15.8 Å². The van der Waals surface area contributed by atoms with Crippen molar-refractivity contribution in [3.8, 4) is 0 Å². The summed E-state index contributed by atoms with van der Waals surface area (Å²) in [7, 11) is 1.69. The van der Waals surface area contributed by atoms with Gasteiger partial charge in [0, 0.05) is 32.5 Å². The Bertz CT molecular complexity index is 499. The summed E-state index contributed by atoms with van der Waals surface area (Å²) in [5.74, 6) is -0.556. The highest BCUT2D eigenvalue weighted by Gasteiger charge is 2.22. The number of hydrogen-bond donors (Lipinski definition) is 2. The SMILES string of the molecule is COCC1CCN(c2cc(C(N)=O)c(N)cc2F)CC1. The molecule has 1 aliphatic heterocycles. The van der Waals surface area contributed by atoms with E-state index in [0.29, 0.717) is 11.6 Å². The normalized spacial score (nSPS) is 16.4. The number of benzene rings is 1. The molecule has 5 nitrogen and oxygen atoms in total. The number of ether oxygens (including phenoxy) is 1. The third-order valence-electron chi connectivity index (χ3n) is 3.74. The number of carbonyl (C=O) groups is 1. The van der Waals surface area contributed by atoms with Crippen molar-refractivity contribution in [3.05, 3.63) is 23.5 Å². The Morgan fingerprint density at radius 1 is 1.45 bits per heavy atom. The number of nitrogens with zero attached hydrogens (tertiary/aromatic N) is 1. The minimum Gasteiger partial charge on any atom is -0.398 e. The molecule has 2 rings (SSSR count). The first-order valence-electron chi connectivity index (χ1n) is 6.65. The molecule has 1 amide bonds. The van der Waals surface area contributed by atoms with Crippen molar-refractivity contribution in [3.63, 3.8) is 0 Å². The smallest absolute Gasteiger partial charge is 0.250 e. The molecule has 0 aromatic heterocycles. The molecular weight excluding hydrogens is 261 g/mol. The van der Waals surface area contributed by atoms with Crippen molar-refractivity contribution < 1.29 is 13.9 Å². The van der Waals surface area contributed by atoms with Gasteiger partial charge in [0.15, 0.2) is 0 Å². The Morgan fingerprint density at radius 2 is 2.10 bits per heavy atom. The lowest BCUT2D eigenvalue weighted by Crippen LogP contribution is -2.35. The van der Waals surface area contributed by atoms with Gasteiger partial charge in [0.05, 0.1) is 11.3 Å². The molecule has 0 radical (unpaired) electrons. The first-order chi connectivity index (χ1) is 9.52. The molecule has 110 valence electrons. The zero-order valence-electron chi connectivity index (χ0n) is 11.6. The summed E-state index contributed by atoms with van der Waals surface area (Å²) in [5, 5.41) is 0. The molecular formula is C14H20FN3O2. The van der Waals surface area contributed by atoms with Gasteiger partial charge in [-0.25, -0.2) is 4.39 Å². The van der Waals surface area contributed by atoms with Crippen LogP contribution in [-0.4, -0.2) is 32.7 Å². The first-order valence-corrected chi connectivity index (χ1v) is 6.65. The lowest BCUT2D eigenvalue weighted by molar-refractivity contribution is 0.100. The van der Waals surface area contributed by atoms with Crippen molar-refractivity contribution in [2.45, 2.75) is 12.8 Å². The average Bonchev–Trinajstić information content (AvgIpc) is 2.40.